The van der Waals surface area contributed by atoms with Gasteiger partial charge in [-0.05, 0) is 20.8 Å². The van der Waals surface area contributed by atoms with Crippen molar-refractivity contribution in [2.24, 2.45) is 0 Å². The van der Waals surface area contributed by atoms with Crippen molar-refractivity contribution in [3.63, 3.8) is 0 Å². The van der Waals surface area contributed by atoms with E-state index in [0.717, 1.165) is 5.69 Å². The van der Waals surface area contributed by atoms with E-state index in [1.807, 2.05) is 6.92 Å². The van der Waals surface area contributed by atoms with Crippen molar-refractivity contribution in [1.82, 2.24) is 9.97 Å². The molecule has 1 aromatic heterocycles. The first-order valence-electron chi connectivity index (χ1n) is 4.12. The Morgan fingerprint density at radius 3 is 2.77 bits per heavy atom. The molecule has 0 radical (unpaired) electrons. The Morgan fingerprint density at radius 1 is 1.54 bits per heavy atom. The van der Waals surface area contributed by atoms with Gasteiger partial charge in [0.2, 0.25) is 0 Å². The lowest BCUT2D eigenvalue weighted by atomic mass is 10.3. The first-order chi connectivity index (χ1) is 6.15. The van der Waals surface area contributed by atoms with Crippen molar-refractivity contribution < 1.29 is 9.53 Å². The highest BCUT2D eigenvalue weighted by atomic mass is 16.5. The third-order valence-electron chi connectivity index (χ3n) is 1.54. The maximum atomic E-state index is 11.3. The van der Waals surface area contributed by atoms with E-state index < -0.39 is 5.97 Å². The number of nitrogens with zero attached hydrogens (tertiary/aromatic N) is 2. The van der Waals surface area contributed by atoms with E-state index in [9.17, 15) is 4.79 Å². The van der Waals surface area contributed by atoms with Crippen LogP contribution in [0.15, 0.2) is 6.20 Å². The predicted molar refractivity (Wildman–Crippen MR) is 47.5 cm³/mol. The molecule has 0 spiro atoms. The third kappa shape index (κ3) is 2.24. The van der Waals surface area contributed by atoms with Crippen LogP contribution in [0.3, 0.4) is 0 Å². The Balaban J connectivity index is 2.95. The second kappa shape index (κ2) is 3.98. The smallest absolute Gasteiger partial charge is 0.358 e. The van der Waals surface area contributed by atoms with Crippen LogP contribution in [0.1, 0.15) is 28.8 Å². The van der Waals surface area contributed by atoms with Gasteiger partial charge in [-0.15, -0.1) is 0 Å². The number of esters is 1. The quantitative estimate of drug-likeness (QED) is 0.643. The standard InChI is InChI=1S/C9H12N2O2/c1-4-13-9(12)8-7(3)11-6(2)5-10-8/h5H,4H2,1-3H3. The summed E-state index contributed by atoms with van der Waals surface area (Å²) >= 11 is 0. The van der Waals surface area contributed by atoms with Crippen LogP contribution in [0, 0.1) is 13.8 Å². The van der Waals surface area contributed by atoms with Gasteiger partial charge < -0.3 is 4.74 Å². The fourth-order valence-corrected chi connectivity index (χ4v) is 0.998. The monoisotopic (exact) mass is 180 g/mol. The van der Waals surface area contributed by atoms with Gasteiger partial charge in [0, 0.05) is 6.20 Å². The maximum absolute atomic E-state index is 11.3. The van der Waals surface area contributed by atoms with Gasteiger partial charge in [0.15, 0.2) is 5.69 Å². The van der Waals surface area contributed by atoms with Crippen molar-refractivity contribution in [3.05, 3.63) is 23.3 Å². The average molecular weight is 180 g/mol. The third-order valence-corrected chi connectivity index (χ3v) is 1.54. The molecule has 1 heterocycles. The van der Waals surface area contributed by atoms with E-state index in [1.165, 1.54) is 0 Å². The zero-order chi connectivity index (χ0) is 9.84. The van der Waals surface area contributed by atoms with E-state index in [2.05, 4.69) is 9.97 Å². The minimum atomic E-state index is -0.410. The molecule has 0 aliphatic rings. The van der Waals surface area contributed by atoms with E-state index in [0.29, 0.717) is 18.0 Å². The van der Waals surface area contributed by atoms with E-state index in [1.54, 1.807) is 20.0 Å². The Labute approximate surface area is 77.0 Å². The zero-order valence-corrected chi connectivity index (χ0v) is 8.00. The molecule has 0 saturated carbocycles. The second-order valence-electron chi connectivity index (χ2n) is 2.67. The number of aromatic nitrogens is 2. The molecule has 0 aliphatic carbocycles. The van der Waals surface area contributed by atoms with Crippen molar-refractivity contribution >= 4 is 5.97 Å². The Kier molecular flexibility index (Phi) is 2.95. The molecular weight excluding hydrogens is 168 g/mol. The fraction of sp³-hybridized carbons (Fsp3) is 0.444. The molecule has 0 saturated heterocycles. The second-order valence-corrected chi connectivity index (χ2v) is 2.67. The summed E-state index contributed by atoms with van der Waals surface area (Å²) in [4.78, 5) is 19.3. The van der Waals surface area contributed by atoms with Gasteiger partial charge in [0.1, 0.15) is 0 Å². The summed E-state index contributed by atoms with van der Waals surface area (Å²) in [5.74, 6) is -0.410. The van der Waals surface area contributed by atoms with Crippen LogP contribution in [0.25, 0.3) is 0 Å². The molecule has 4 heteroatoms. The summed E-state index contributed by atoms with van der Waals surface area (Å²) in [5.41, 5.74) is 1.71. The van der Waals surface area contributed by atoms with Gasteiger partial charge >= 0.3 is 5.97 Å². The van der Waals surface area contributed by atoms with Crippen molar-refractivity contribution in [3.8, 4) is 0 Å². The first-order valence-corrected chi connectivity index (χ1v) is 4.12. The van der Waals surface area contributed by atoms with E-state index in [-0.39, 0.29) is 0 Å². The number of rotatable bonds is 2. The van der Waals surface area contributed by atoms with Crippen molar-refractivity contribution in [2.45, 2.75) is 20.8 Å². The van der Waals surface area contributed by atoms with Gasteiger partial charge in [-0.1, -0.05) is 0 Å². The lowest BCUT2D eigenvalue weighted by Crippen LogP contribution is -2.10. The minimum absolute atomic E-state index is 0.299. The molecule has 13 heavy (non-hydrogen) atoms. The number of carbonyl (C=O) groups is 1. The van der Waals surface area contributed by atoms with Crippen LogP contribution < -0.4 is 0 Å². The van der Waals surface area contributed by atoms with Crippen LogP contribution in [-0.2, 0) is 4.74 Å². The molecule has 0 aromatic carbocycles. The van der Waals surface area contributed by atoms with E-state index >= 15 is 0 Å². The van der Waals surface area contributed by atoms with Gasteiger partial charge in [-0.2, -0.15) is 0 Å². The number of carbonyl (C=O) groups excluding carboxylic acids is 1. The Bertz CT molecular complexity index is 323. The molecule has 0 aliphatic heterocycles. The number of ether oxygens (including phenoxy) is 1. The maximum Gasteiger partial charge on any atom is 0.358 e. The highest BCUT2D eigenvalue weighted by Crippen LogP contribution is 2.03. The average Bonchev–Trinajstić information content (AvgIpc) is 2.04. The molecule has 0 bridgehead atoms. The van der Waals surface area contributed by atoms with Gasteiger partial charge in [0.25, 0.3) is 0 Å². The number of aryl methyl sites for hydroxylation is 2. The van der Waals surface area contributed by atoms with Crippen molar-refractivity contribution in [2.75, 3.05) is 6.61 Å². The molecular formula is C9H12N2O2. The van der Waals surface area contributed by atoms with Gasteiger partial charge in [-0.3, -0.25) is 4.98 Å². The van der Waals surface area contributed by atoms with Gasteiger partial charge in [0.05, 0.1) is 18.0 Å². The minimum Gasteiger partial charge on any atom is -0.461 e. The largest absolute Gasteiger partial charge is 0.461 e. The summed E-state index contributed by atoms with van der Waals surface area (Å²) in [6.45, 7) is 5.68. The molecule has 0 atom stereocenters. The van der Waals surface area contributed by atoms with Crippen LogP contribution >= 0.6 is 0 Å². The SMILES string of the molecule is CCOC(=O)c1ncc(C)nc1C. The lowest BCUT2D eigenvalue weighted by Gasteiger charge is -2.03. The van der Waals surface area contributed by atoms with Crippen molar-refractivity contribution in [1.29, 1.82) is 0 Å². The normalized spacial score (nSPS) is 9.77. The predicted octanol–water partition coefficient (Wildman–Crippen LogP) is 1.27. The van der Waals surface area contributed by atoms with Gasteiger partial charge in [-0.25, -0.2) is 9.78 Å². The summed E-state index contributed by atoms with van der Waals surface area (Å²) in [6.07, 6.45) is 1.55. The molecule has 0 N–H and O–H groups in total. The first kappa shape index (κ1) is 9.64. The van der Waals surface area contributed by atoms with Crippen LogP contribution in [0.4, 0.5) is 0 Å². The molecule has 1 rings (SSSR count). The zero-order valence-electron chi connectivity index (χ0n) is 8.00. The molecule has 0 amide bonds. The van der Waals surface area contributed by atoms with Crippen LogP contribution in [-0.4, -0.2) is 22.5 Å². The Morgan fingerprint density at radius 2 is 2.23 bits per heavy atom. The lowest BCUT2D eigenvalue weighted by molar-refractivity contribution is 0.0518. The number of hydrogen-bond donors (Lipinski definition) is 0. The Hall–Kier alpha value is -1.45. The van der Waals surface area contributed by atoms with Crippen LogP contribution in [0.5, 0.6) is 0 Å². The fourth-order valence-electron chi connectivity index (χ4n) is 0.998. The van der Waals surface area contributed by atoms with Crippen LogP contribution in [0.2, 0.25) is 0 Å². The molecule has 0 fully saturated rings. The number of hydrogen-bond acceptors (Lipinski definition) is 4. The summed E-state index contributed by atoms with van der Waals surface area (Å²) < 4.78 is 4.81. The summed E-state index contributed by atoms with van der Waals surface area (Å²) in [5, 5.41) is 0. The summed E-state index contributed by atoms with van der Waals surface area (Å²) in [7, 11) is 0. The topological polar surface area (TPSA) is 52.1 Å². The molecule has 70 valence electrons. The molecule has 1 aromatic rings. The molecule has 0 unspecified atom stereocenters. The molecule has 4 nitrogen and oxygen atoms in total. The summed E-state index contributed by atoms with van der Waals surface area (Å²) in [6, 6.07) is 0. The highest BCUT2D eigenvalue weighted by Gasteiger charge is 2.12. The van der Waals surface area contributed by atoms with E-state index in [4.69, 9.17) is 4.74 Å². The highest BCUT2D eigenvalue weighted by molar-refractivity contribution is 5.88.